The van der Waals surface area contributed by atoms with Crippen LogP contribution in [0.4, 0.5) is 22.1 Å². The lowest BCUT2D eigenvalue weighted by molar-refractivity contribution is 0.0587. The quantitative estimate of drug-likeness (QED) is 0.408. The number of nitrogens with zero attached hydrogens (tertiary/aromatic N) is 5. The van der Waals surface area contributed by atoms with E-state index in [2.05, 4.69) is 20.7 Å². The van der Waals surface area contributed by atoms with Gasteiger partial charge in [0.05, 0.1) is 31.6 Å². The molecule has 2 unspecified atom stereocenters. The highest BCUT2D eigenvalue weighted by Crippen LogP contribution is 2.28. The maximum Gasteiger partial charge on any atom is 0.415 e. The van der Waals surface area contributed by atoms with Crippen molar-refractivity contribution in [3.63, 3.8) is 0 Å². The third-order valence-electron chi connectivity index (χ3n) is 7.28. The highest BCUT2D eigenvalue weighted by atomic mass is 16.6. The Kier molecular flexibility index (Phi) is 8.00. The lowest BCUT2D eigenvalue weighted by atomic mass is 9.95. The molecule has 220 valence electrons. The Labute approximate surface area is 237 Å². The summed E-state index contributed by atoms with van der Waals surface area (Å²) >= 11 is 0. The van der Waals surface area contributed by atoms with Crippen LogP contribution in [0.1, 0.15) is 69.3 Å². The lowest BCUT2D eigenvalue weighted by Gasteiger charge is -2.25. The molecule has 3 N–H and O–H groups in total. The number of amides is 2. The summed E-state index contributed by atoms with van der Waals surface area (Å²) < 4.78 is 13.9. The zero-order chi connectivity index (χ0) is 29.3. The number of anilines is 3. The van der Waals surface area contributed by atoms with Gasteiger partial charge in [0.1, 0.15) is 28.5 Å². The highest BCUT2D eigenvalue weighted by Gasteiger charge is 2.30. The first-order chi connectivity index (χ1) is 19.5. The second kappa shape index (κ2) is 11.5. The molecule has 3 aromatic heterocycles. The number of aromatic nitrogens is 4. The normalized spacial score (nSPS) is 19.7. The molecule has 2 fully saturated rings. The zero-order valence-corrected chi connectivity index (χ0v) is 23.8. The second-order valence-corrected chi connectivity index (χ2v) is 11.6. The molecule has 2 atom stereocenters. The largest absolute Gasteiger partial charge is 0.443 e. The molecule has 13 nitrogen and oxygen atoms in total. The van der Waals surface area contributed by atoms with Gasteiger partial charge in [-0.05, 0) is 45.7 Å². The highest BCUT2D eigenvalue weighted by molar-refractivity contribution is 6.00. The van der Waals surface area contributed by atoms with E-state index in [0.717, 1.165) is 25.7 Å². The molecule has 1 aliphatic carbocycles. The smallest absolute Gasteiger partial charge is 0.415 e. The van der Waals surface area contributed by atoms with Crippen LogP contribution in [0.3, 0.4) is 0 Å². The van der Waals surface area contributed by atoms with Crippen molar-refractivity contribution in [3.05, 3.63) is 46.5 Å². The molecular formula is C28H37N7O6. The Morgan fingerprint density at radius 1 is 1.20 bits per heavy atom. The number of fused-ring (bicyclic) bond motifs is 1. The minimum atomic E-state index is -0.829. The molecule has 0 aromatic carbocycles. The van der Waals surface area contributed by atoms with Crippen LogP contribution in [0.15, 0.2) is 35.4 Å². The van der Waals surface area contributed by atoms with E-state index >= 15 is 0 Å². The molecule has 0 radical (unpaired) electrons. The molecule has 2 aliphatic rings. The van der Waals surface area contributed by atoms with Crippen LogP contribution in [0.5, 0.6) is 0 Å². The number of nitrogens with one attached hydrogen (secondary N) is 2. The van der Waals surface area contributed by atoms with Gasteiger partial charge in [-0.15, -0.1) is 0 Å². The summed E-state index contributed by atoms with van der Waals surface area (Å²) in [5, 5.41) is 20.3. The van der Waals surface area contributed by atoms with Gasteiger partial charge in [-0.1, -0.05) is 19.3 Å². The van der Waals surface area contributed by atoms with E-state index in [4.69, 9.17) is 9.47 Å². The minimum Gasteiger partial charge on any atom is -0.443 e. The molecule has 5 rings (SSSR count). The van der Waals surface area contributed by atoms with Gasteiger partial charge >= 0.3 is 6.09 Å². The summed E-state index contributed by atoms with van der Waals surface area (Å²) in [6.07, 6.45) is 6.94. The van der Waals surface area contributed by atoms with Gasteiger partial charge in [0.2, 0.25) is 0 Å². The van der Waals surface area contributed by atoms with Crippen molar-refractivity contribution >= 4 is 35.0 Å². The Hall–Kier alpha value is -3.97. The molecule has 1 saturated carbocycles. The summed E-state index contributed by atoms with van der Waals surface area (Å²) in [7, 11) is 1.53. The molecule has 13 heteroatoms. The summed E-state index contributed by atoms with van der Waals surface area (Å²) in [4.78, 5) is 45.5. The Balaban J connectivity index is 1.53. The number of carbonyl (C=O) groups is 2. The lowest BCUT2D eigenvalue weighted by Crippen LogP contribution is -2.42. The zero-order valence-electron chi connectivity index (χ0n) is 23.8. The van der Waals surface area contributed by atoms with Crippen molar-refractivity contribution in [2.75, 3.05) is 30.5 Å². The molecule has 41 heavy (non-hydrogen) atoms. The molecule has 1 aliphatic heterocycles. The van der Waals surface area contributed by atoms with Crippen LogP contribution < -0.4 is 21.1 Å². The number of aliphatic hydroxyl groups excluding tert-OH is 1. The van der Waals surface area contributed by atoms with Gasteiger partial charge in [0, 0.05) is 25.4 Å². The molecule has 0 bridgehead atoms. The van der Waals surface area contributed by atoms with Crippen LogP contribution in [0.25, 0.3) is 5.65 Å². The van der Waals surface area contributed by atoms with Crippen LogP contribution in [-0.4, -0.2) is 74.3 Å². The van der Waals surface area contributed by atoms with E-state index in [1.165, 1.54) is 29.1 Å². The van der Waals surface area contributed by atoms with Gasteiger partial charge in [0.15, 0.2) is 5.65 Å². The fourth-order valence-electron chi connectivity index (χ4n) is 5.15. The van der Waals surface area contributed by atoms with Crippen LogP contribution >= 0.6 is 0 Å². The van der Waals surface area contributed by atoms with Crippen molar-refractivity contribution in [3.8, 4) is 0 Å². The summed E-state index contributed by atoms with van der Waals surface area (Å²) in [6, 6.07) is 4.62. The van der Waals surface area contributed by atoms with E-state index in [9.17, 15) is 19.5 Å². The first-order valence-electron chi connectivity index (χ1n) is 13.9. The molecule has 4 heterocycles. The predicted octanol–water partition coefficient (Wildman–Crippen LogP) is 3.00. The van der Waals surface area contributed by atoms with E-state index in [-0.39, 0.29) is 47.7 Å². The van der Waals surface area contributed by atoms with E-state index in [1.807, 2.05) is 12.3 Å². The topological polar surface area (TPSA) is 152 Å². The number of aliphatic hydroxyl groups is 1. The summed E-state index contributed by atoms with van der Waals surface area (Å²) in [5.41, 5.74) is -0.330. The Morgan fingerprint density at radius 3 is 2.63 bits per heavy atom. The Bertz CT molecular complexity index is 1490. The fraction of sp³-hybridized carbons (Fsp3) is 0.536. The van der Waals surface area contributed by atoms with E-state index in [0.29, 0.717) is 5.69 Å². The van der Waals surface area contributed by atoms with Gasteiger partial charge in [-0.2, -0.15) is 9.61 Å². The Morgan fingerprint density at radius 2 is 1.95 bits per heavy atom. The number of carbonyl (C=O) groups excluding carboxylic acids is 2. The van der Waals surface area contributed by atoms with E-state index in [1.54, 1.807) is 37.5 Å². The average Bonchev–Trinajstić information content (AvgIpc) is 3.54. The molecular weight excluding hydrogens is 530 g/mol. The second-order valence-electron chi connectivity index (χ2n) is 11.6. The van der Waals surface area contributed by atoms with Gasteiger partial charge in [0.25, 0.3) is 11.5 Å². The maximum absolute atomic E-state index is 13.4. The number of hydrogen-bond donors (Lipinski definition) is 3. The average molecular weight is 568 g/mol. The number of hydrogen-bond acceptors (Lipinski definition) is 9. The van der Waals surface area contributed by atoms with Crippen LogP contribution in [-0.2, 0) is 9.47 Å². The van der Waals surface area contributed by atoms with Crippen molar-refractivity contribution in [2.45, 2.75) is 76.7 Å². The van der Waals surface area contributed by atoms with Crippen LogP contribution in [0, 0.1) is 0 Å². The first-order valence-corrected chi connectivity index (χ1v) is 13.9. The maximum atomic E-state index is 13.4. The minimum absolute atomic E-state index is 0.124. The third-order valence-corrected chi connectivity index (χ3v) is 7.28. The number of ether oxygens (including phenoxy) is 2. The van der Waals surface area contributed by atoms with Crippen molar-refractivity contribution < 1.29 is 24.2 Å². The molecule has 1 saturated heterocycles. The fourth-order valence-corrected chi connectivity index (χ4v) is 5.15. The van der Waals surface area contributed by atoms with Gasteiger partial charge in [-0.3, -0.25) is 14.5 Å². The third kappa shape index (κ3) is 6.20. The molecule has 2 amide bonds. The van der Waals surface area contributed by atoms with Gasteiger partial charge < -0.3 is 29.8 Å². The van der Waals surface area contributed by atoms with Crippen molar-refractivity contribution in [2.24, 2.45) is 0 Å². The van der Waals surface area contributed by atoms with Crippen LogP contribution in [0.2, 0.25) is 0 Å². The van der Waals surface area contributed by atoms with Gasteiger partial charge in [-0.25, -0.2) is 9.78 Å². The van der Waals surface area contributed by atoms with E-state index < -0.39 is 29.7 Å². The van der Waals surface area contributed by atoms with Crippen molar-refractivity contribution in [1.29, 1.82) is 0 Å². The van der Waals surface area contributed by atoms with Crippen molar-refractivity contribution in [1.82, 2.24) is 24.5 Å². The molecule has 0 spiro atoms. The summed E-state index contributed by atoms with van der Waals surface area (Å²) in [6.45, 7) is 5.60. The standard InChI is InChI=1S/C28H37N7O6/c1-28(2,3)41-27(39)33(4)23-13-22(30-19-11-8-12-34(26(19)38)17-9-6-5-7-10-17)32-24-18(14-29-35(23)24)25(37)31-20-15-40-16-21(20)36/h8,11-14,17,20-21,36H,5-7,9-10,15-16H2,1-4H3,(H,30,32)(H,31,37). The number of pyridine rings is 1. The number of rotatable bonds is 6. The predicted molar refractivity (Wildman–Crippen MR) is 152 cm³/mol. The SMILES string of the molecule is CN(C(=O)OC(C)(C)C)c1cc(Nc2cccn(C3CCCCC3)c2=O)nc2c(C(=O)NC3COCC3O)cnn12. The monoisotopic (exact) mass is 567 g/mol. The first kappa shape index (κ1) is 28.6. The molecule has 3 aromatic rings. The summed E-state index contributed by atoms with van der Waals surface area (Å²) in [5.74, 6) is -0.0109.